The third-order valence-corrected chi connectivity index (χ3v) is 5.67. The van der Waals surface area contributed by atoms with E-state index in [1.54, 1.807) is 12.2 Å². The van der Waals surface area contributed by atoms with Gasteiger partial charge in [0.25, 0.3) is 0 Å². The van der Waals surface area contributed by atoms with Gasteiger partial charge in [-0.25, -0.2) is 0 Å². The minimum atomic E-state index is -0.568. The number of rotatable bonds is 3. The van der Waals surface area contributed by atoms with Gasteiger partial charge in [0.1, 0.15) is 0 Å². The fraction of sp³-hybridized carbons (Fsp3) is 0.474. The summed E-state index contributed by atoms with van der Waals surface area (Å²) in [7, 11) is 0. The van der Waals surface area contributed by atoms with Gasteiger partial charge in [0.15, 0.2) is 11.6 Å². The van der Waals surface area contributed by atoms with E-state index in [1.165, 1.54) is 0 Å². The number of carbonyl (C=O) groups excluding carboxylic acids is 2. The molecule has 0 aromatic rings. The molecule has 3 aliphatic carbocycles. The van der Waals surface area contributed by atoms with Crippen molar-refractivity contribution in [2.45, 2.75) is 33.1 Å². The van der Waals surface area contributed by atoms with E-state index < -0.39 is 5.41 Å². The molecule has 3 aliphatic rings. The molecule has 0 saturated heterocycles. The highest BCUT2D eigenvalue weighted by molar-refractivity contribution is 6.07. The third-order valence-electron chi connectivity index (χ3n) is 5.67. The van der Waals surface area contributed by atoms with E-state index in [4.69, 9.17) is 0 Å². The van der Waals surface area contributed by atoms with Crippen LogP contribution in [-0.4, -0.2) is 11.6 Å². The van der Waals surface area contributed by atoms with Crippen LogP contribution in [0.5, 0.6) is 0 Å². The molecule has 0 bridgehead atoms. The highest BCUT2D eigenvalue weighted by Crippen LogP contribution is 2.75. The van der Waals surface area contributed by atoms with Crippen LogP contribution in [0.25, 0.3) is 0 Å². The second-order valence-corrected chi connectivity index (χ2v) is 7.01. The molecule has 2 unspecified atom stereocenters. The number of ketones is 2. The SMILES string of the molecule is C=CC1CC(C)=CC(=O)[C@@H]1[C@]12CC1(C=C)CC(C)=CC2=O. The van der Waals surface area contributed by atoms with Crippen molar-refractivity contribution in [3.63, 3.8) is 0 Å². The first-order valence-electron chi connectivity index (χ1n) is 7.59. The molecule has 0 amide bonds. The predicted octanol–water partition coefficient (Wildman–Crippen LogP) is 3.81. The molecule has 0 aromatic carbocycles. The lowest BCUT2D eigenvalue weighted by atomic mass is 9.63. The standard InChI is InChI=1S/C19H22O2/c1-5-14-7-12(3)8-15(20)17(14)19-11-18(19,6-2)10-13(4)9-16(19)21/h5-6,8-9,14,17H,1-2,7,10-11H2,3-4H3/t14?,17-,18?,19-/m1/s1. The highest BCUT2D eigenvalue weighted by atomic mass is 16.1. The van der Waals surface area contributed by atoms with Crippen molar-refractivity contribution in [3.8, 4) is 0 Å². The second kappa shape index (κ2) is 4.40. The van der Waals surface area contributed by atoms with Crippen molar-refractivity contribution in [1.29, 1.82) is 0 Å². The van der Waals surface area contributed by atoms with Crippen LogP contribution < -0.4 is 0 Å². The summed E-state index contributed by atoms with van der Waals surface area (Å²) in [4.78, 5) is 25.4. The molecule has 21 heavy (non-hydrogen) atoms. The molecule has 1 fully saturated rings. The van der Waals surface area contributed by atoms with Gasteiger partial charge >= 0.3 is 0 Å². The van der Waals surface area contributed by atoms with Crippen LogP contribution in [-0.2, 0) is 9.59 Å². The van der Waals surface area contributed by atoms with Crippen molar-refractivity contribution in [1.82, 2.24) is 0 Å². The molecule has 2 nitrogen and oxygen atoms in total. The Hall–Kier alpha value is -1.70. The quantitative estimate of drug-likeness (QED) is 0.738. The minimum Gasteiger partial charge on any atom is -0.294 e. The predicted molar refractivity (Wildman–Crippen MR) is 83.6 cm³/mol. The molecule has 0 aliphatic heterocycles. The Morgan fingerprint density at radius 2 is 1.90 bits per heavy atom. The van der Waals surface area contributed by atoms with Gasteiger partial charge < -0.3 is 0 Å². The molecule has 1 saturated carbocycles. The smallest absolute Gasteiger partial charge is 0.163 e. The van der Waals surface area contributed by atoms with E-state index in [-0.39, 0.29) is 28.8 Å². The number of carbonyl (C=O) groups is 2. The lowest BCUT2D eigenvalue weighted by molar-refractivity contribution is -0.132. The maximum Gasteiger partial charge on any atom is 0.163 e. The van der Waals surface area contributed by atoms with E-state index in [1.807, 2.05) is 26.0 Å². The average Bonchev–Trinajstić information content (AvgIpc) is 3.08. The summed E-state index contributed by atoms with van der Waals surface area (Å²) in [5.41, 5.74) is 1.39. The molecule has 110 valence electrons. The highest BCUT2D eigenvalue weighted by Gasteiger charge is 2.75. The monoisotopic (exact) mass is 282 g/mol. The summed E-state index contributed by atoms with van der Waals surface area (Å²) in [5, 5.41) is 0. The van der Waals surface area contributed by atoms with Crippen LogP contribution in [0.15, 0.2) is 48.6 Å². The molecule has 0 aromatic heterocycles. The lowest BCUT2D eigenvalue weighted by Gasteiger charge is -2.37. The van der Waals surface area contributed by atoms with E-state index in [9.17, 15) is 9.59 Å². The number of allylic oxidation sites excluding steroid dienone is 6. The molecule has 4 atom stereocenters. The van der Waals surface area contributed by atoms with Crippen LogP contribution in [0.4, 0.5) is 0 Å². The van der Waals surface area contributed by atoms with E-state index in [2.05, 4.69) is 13.2 Å². The van der Waals surface area contributed by atoms with Gasteiger partial charge in [0, 0.05) is 11.3 Å². The summed E-state index contributed by atoms with van der Waals surface area (Å²) >= 11 is 0. The van der Waals surface area contributed by atoms with Crippen molar-refractivity contribution >= 4 is 11.6 Å². The molecule has 0 N–H and O–H groups in total. The summed E-state index contributed by atoms with van der Waals surface area (Å²) < 4.78 is 0. The average molecular weight is 282 g/mol. The zero-order valence-electron chi connectivity index (χ0n) is 12.8. The van der Waals surface area contributed by atoms with Gasteiger partial charge in [0.2, 0.25) is 0 Å². The zero-order chi connectivity index (χ0) is 15.4. The summed E-state index contributed by atoms with van der Waals surface area (Å²) in [5.74, 6) is -0.00777. The van der Waals surface area contributed by atoms with Crippen LogP contribution in [0.1, 0.15) is 33.1 Å². The van der Waals surface area contributed by atoms with Gasteiger partial charge in [-0.15, -0.1) is 13.2 Å². The van der Waals surface area contributed by atoms with Crippen LogP contribution in [0.2, 0.25) is 0 Å². The first kappa shape index (κ1) is 14.2. The Morgan fingerprint density at radius 3 is 2.52 bits per heavy atom. The first-order valence-corrected chi connectivity index (χ1v) is 7.59. The van der Waals surface area contributed by atoms with E-state index in [0.717, 1.165) is 30.4 Å². The van der Waals surface area contributed by atoms with Gasteiger partial charge in [-0.2, -0.15) is 0 Å². The molecule has 3 rings (SSSR count). The fourth-order valence-corrected chi connectivity index (χ4v) is 4.73. The van der Waals surface area contributed by atoms with Gasteiger partial charge in [-0.05, 0) is 51.2 Å². The van der Waals surface area contributed by atoms with Crippen LogP contribution in [0.3, 0.4) is 0 Å². The Bertz CT molecular complexity index is 621. The Morgan fingerprint density at radius 1 is 1.19 bits per heavy atom. The fourth-order valence-electron chi connectivity index (χ4n) is 4.73. The Kier molecular flexibility index (Phi) is 2.98. The third kappa shape index (κ3) is 1.71. The maximum absolute atomic E-state index is 12.8. The van der Waals surface area contributed by atoms with Gasteiger partial charge in [-0.1, -0.05) is 23.3 Å². The number of fused-ring (bicyclic) bond motifs is 1. The molecule has 0 radical (unpaired) electrons. The lowest BCUT2D eigenvalue weighted by Crippen LogP contribution is -2.42. The van der Waals surface area contributed by atoms with Crippen LogP contribution in [0, 0.1) is 22.7 Å². The normalized spacial score (nSPS) is 41.8. The summed E-state index contributed by atoms with van der Waals surface area (Å²) in [6, 6.07) is 0. The largest absolute Gasteiger partial charge is 0.294 e. The summed E-state index contributed by atoms with van der Waals surface area (Å²) in [6.45, 7) is 11.8. The van der Waals surface area contributed by atoms with Gasteiger partial charge in [-0.3, -0.25) is 9.59 Å². The molecule has 0 heterocycles. The minimum absolute atomic E-state index is 0.0556. The Labute approximate surface area is 126 Å². The summed E-state index contributed by atoms with van der Waals surface area (Å²) in [6.07, 6.45) is 9.67. The first-order chi connectivity index (χ1) is 9.90. The molecular weight excluding hydrogens is 260 g/mol. The molecule has 0 spiro atoms. The van der Waals surface area contributed by atoms with Crippen molar-refractivity contribution < 1.29 is 9.59 Å². The van der Waals surface area contributed by atoms with Crippen molar-refractivity contribution in [2.75, 3.05) is 0 Å². The topological polar surface area (TPSA) is 34.1 Å². The Balaban J connectivity index is 2.11. The van der Waals surface area contributed by atoms with Crippen molar-refractivity contribution in [2.24, 2.45) is 22.7 Å². The van der Waals surface area contributed by atoms with Crippen molar-refractivity contribution in [3.05, 3.63) is 48.6 Å². The zero-order valence-corrected chi connectivity index (χ0v) is 12.8. The second-order valence-electron chi connectivity index (χ2n) is 7.01. The van der Waals surface area contributed by atoms with E-state index in [0.29, 0.717) is 0 Å². The van der Waals surface area contributed by atoms with Gasteiger partial charge in [0.05, 0.1) is 5.41 Å². The number of hydrogen-bond donors (Lipinski definition) is 0. The number of hydrogen-bond acceptors (Lipinski definition) is 2. The van der Waals surface area contributed by atoms with Crippen LogP contribution >= 0.6 is 0 Å². The molecule has 2 heteroatoms. The maximum atomic E-state index is 12.8. The molecular formula is C19H22O2. The van der Waals surface area contributed by atoms with E-state index >= 15 is 0 Å².